The minimum absolute atomic E-state index is 0.236. The van der Waals surface area contributed by atoms with Crippen molar-refractivity contribution in [1.29, 1.82) is 0 Å². The van der Waals surface area contributed by atoms with E-state index in [0.29, 0.717) is 17.9 Å². The fourth-order valence-corrected chi connectivity index (χ4v) is 3.16. The highest BCUT2D eigenvalue weighted by atomic mass is 16.5. The Balaban J connectivity index is 1.65. The van der Waals surface area contributed by atoms with E-state index in [1.54, 1.807) is 37.5 Å². The van der Waals surface area contributed by atoms with E-state index in [0.717, 1.165) is 30.9 Å². The van der Waals surface area contributed by atoms with Crippen LogP contribution in [0.15, 0.2) is 48.5 Å². The number of carboxylic acids is 1. The maximum atomic E-state index is 11.7. The van der Waals surface area contributed by atoms with Crippen LogP contribution in [-0.4, -0.2) is 49.3 Å². The molecule has 0 atom stereocenters. The predicted molar refractivity (Wildman–Crippen MR) is 106 cm³/mol. The Hall–Kier alpha value is -2.79. The van der Waals surface area contributed by atoms with E-state index in [-0.39, 0.29) is 5.57 Å². The van der Waals surface area contributed by atoms with Crippen molar-refractivity contribution in [3.63, 3.8) is 0 Å². The minimum atomic E-state index is -0.967. The first-order valence-electron chi connectivity index (χ1n) is 9.20. The van der Waals surface area contributed by atoms with Gasteiger partial charge >= 0.3 is 5.97 Å². The zero-order valence-corrected chi connectivity index (χ0v) is 15.6. The topological polar surface area (TPSA) is 59.0 Å². The molecule has 0 radical (unpaired) electrons. The van der Waals surface area contributed by atoms with Crippen LogP contribution in [0.4, 0.5) is 0 Å². The summed E-state index contributed by atoms with van der Waals surface area (Å²) in [7, 11) is 1.58. The first-order chi connectivity index (χ1) is 13.2. The molecule has 2 aromatic carbocycles. The number of benzene rings is 2. The number of carboxylic acid groups (broad SMARTS) is 1. The van der Waals surface area contributed by atoms with Crippen molar-refractivity contribution < 1.29 is 19.4 Å². The molecule has 1 fully saturated rings. The lowest BCUT2D eigenvalue weighted by Crippen LogP contribution is -2.25. The van der Waals surface area contributed by atoms with Gasteiger partial charge in [-0.1, -0.05) is 24.3 Å². The first kappa shape index (κ1) is 19.0. The van der Waals surface area contributed by atoms with Gasteiger partial charge < -0.3 is 14.6 Å². The lowest BCUT2D eigenvalue weighted by Gasteiger charge is -2.14. The second kappa shape index (κ2) is 9.24. The Morgan fingerprint density at radius 3 is 2.26 bits per heavy atom. The maximum Gasteiger partial charge on any atom is 0.336 e. The van der Waals surface area contributed by atoms with Crippen molar-refractivity contribution in [3.8, 4) is 11.5 Å². The molecular formula is C22H25NO4. The molecule has 27 heavy (non-hydrogen) atoms. The van der Waals surface area contributed by atoms with E-state index in [9.17, 15) is 9.90 Å². The summed E-state index contributed by atoms with van der Waals surface area (Å²) in [5.41, 5.74) is 1.68. The van der Waals surface area contributed by atoms with Gasteiger partial charge in [-0.3, -0.25) is 4.90 Å². The fourth-order valence-electron chi connectivity index (χ4n) is 3.16. The number of aliphatic carboxylic acids is 1. The number of hydrogen-bond acceptors (Lipinski definition) is 4. The zero-order chi connectivity index (χ0) is 19.1. The van der Waals surface area contributed by atoms with Crippen molar-refractivity contribution in [2.75, 3.05) is 33.4 Å². The minimum Gasteiger partial charge on any atom is -0.497 e. The smallest absolute Gasteiger partial charge is 0.336 e. The molecule has 1 saturated heterocycles. The quantitative estimate of drug-likeness (QED) is 0.568. The number of rotatable bonds is 8. The van der Waals surface area contributed by atoms with E-state index in [1.165, 1.54) is 12.8 Å². The SMILES string of the molecule is COc1ccc(/C(=C/c2ccc(OCCN3CCCC3)cc2)C(=O)O)cc1. The van der Waals surface area contributed by atoms with Crippen LogP contribution in [-0.2, 0) is 4.79 Å². The molecule has 0 aromatic heterocycles. The van der Waals surface area contributed by atoms with Crippen LogP contribution in [0.3, 0.4) is 0 Å². The Bertz CT molecular complexity index is 775. The summed E-state index contributed by atoms with van der Waals surface area (Å²) in [4.78, 5) is 14.1. The number of hydrogen-bond donors (Lipinski definition) is 1. The van der Waals surface area contributed by atoms with E-state index >= 15 is 0 Å². The van der Waals surface area contributed by atoms with Crippen LogP contribution < -0.4 is 9.47 Å². The van der Waals surface area contributed by atoms with Crippen LogP contribution in [0.2, 0.25) is 0 Å². The third kappa shape index (κ3) is 5.34. The zero-order valence-electron chi connectivity index (χ0n) is 15.6. The number of methoxy groups -OCH3 is 1. The first-order valence-corrected chi connectivity index (χ1v) is 9.20. The summed E-state index contributed by atoms with van der Waals surface area (Å²) >= 11 is 0. The van der Waals surface area contributed by atoms with Crippen molar-refractivity contribution >= 4 is 17.6 Å². The Labute approximate surface area is 159 Å². The highest BCUT2D eigenvalue weighted by Crippen LogP contribution is 2.23. The Morgan fingerprint density at radius 2 is 1.67 bits per heavy atom. The van der Waals surface area contributed by atoms with Crippen molar-refractivity contribution in [3.05, 3.63) is 59.7 Å². The second-order valence-corrected chi connectivity index (χ2v) is 6.56. The monoisotopic (exact) mass is 367 g/mol. The molecule has 1 N–H and O–H groups in total. The second-order valence-electron chi connectivity index (χ2n) is 6.56. The standard InChI is InChI=1S/C22H25NO4/c1-26-19-10-6-18(7-11-19)21(22(24)25)16-17-4-8-20(9-5-17)27-15-14-23-12-2-3-13-23/h4-11,16H,2-3,12-15H2,1H3,(H,24,25)/b21-16-. The summed E-state index contributed by atoms with van der Waals surface area (Å²) in [5, 5.41) is 9.56. The summed E-state index contributed by atoms with van der Waals surface area (Å²) in [5.74, 6) is 0.526. The van der Waals surface area contributed by atoms with Crippen molar-refractivity contribution in [2.24, 2.45) is 0 Å². The molecule has 2 aromatic rings. The molecule has 0 spiro atoms. The molecule has 1 heterocycles. The molecule has 0 amide bonds. The number of ether oxygens (including phenoxy) is 2. The number of likely N-dealkylation sites (tertiary alicyclic amines) is 1. The summed E-state index contributed by atoms with van der Waals surface area (Å²) in [6.07, 6.45) is 4.22. The van der Waals surface area contributed by atoms with Crippen LogP contribution >= 0.6 is 0 Å². The van der Waals surface area contributed by atoms with E-state index in [2.05, 4.69) is 4.90 Å². The number of nitrogens with zero attached hydrogens (tertiary/aromatic N) is 1. The molecule has 0 bridgehead atoms. The lowest BCUT2D eigenvalue weighted by molar-refractivity contribution is -0.130. The fraction of sp³-hybridized carbons (Fsp3) is 0.318. The van der Waals surface area contributed by atoms with E-state index < -0.39 is 5.97 Å². The molecule has 1 aliphatic heterocycles. The van der Waals surface area contributed by atoms with Crippen molar-refractivity contribution in [1.82, 2.24) is 4.90 Å². The van der Waals surface area contributed by atoms with Crippen LogP contribution in [0.25, 0.3) is 11.6 Å². The Morgan fingerprint density at radius 1 is 1.04 bits per heavy atom. The molecule has 3 rings (SSSR count). The largest absolute Gasteiger partial charge is 0.497 e. The normalized spacial score (nSPS) is 14.9. The average Bonchev–Trinajstić information content (AvgIpc) is 3.21. The molecule has 0 saturated carbocycles. The highest BCUT2D eigenvalue weighted by molar-refractivity contribution is 6.20. The van der Waals surface area contributed by atoms with Gasteiger partial charge in [0.05, 0.1) is 12.7 Å². The van der Waals surface area contributed by atoms with Gasteiger partial charge in [-0.25, -0.2) is 4.79 Å². The van der Waals surface area contributed by atoms with Gasteiger partial charge in [-0.15, -0.1) is 0 Å². The Kier molecular flexibility index (Phi) is 6.49. The van der Waals surface area contributed by atoms with Gasteiger partial charge in [0, 0.05) is 6.54 Å². The van der Waals surface area contributed by atoms with Gasteiger partial charge in [0.15, 0.2) is 0 Å². The summed E-state index contributed by atoms with van der Waals surface area (Å²) in [6.45, 7) is 3.94. The van der Waals surface area contributed by atoms with Gasteiger partial charge in [-0.05, 0) is 67.4 Å². The van der Waals surface area contributed by atoms with E-state index in [1.807, 2.05) is 24.3 Å². The van der Waals surface area contributed by atoms with Gasteiger partial charge in [0.25, 0.3) is 0 Å². The highest BCUT2D eigenvalue weighted by Gasteiger charge is 2.12. The van der Waals surface area contributed by atoms with Crippen LogP contribution in [0, 0.1) is 0 Å². The number of carbonyl (C=O) groups is 1. The summed E-state index contributed by atoms with van der Waals surface area (Å²) < 4.78 is 10.9. The average molecular weight is 367 g/mol. The van der Waals surface area contributed by atoms with Crippen LogP contribution in [0.1, 0.15) is 24.0 Å². The summed E-state index contributed by atoms with van der Waals surface area (Å²) in [6, 6.07) is 14.5. The van der Waals surface area contributed by atoms with Gasteiger partial charge in [0.2, 0.25) is 0 Å². The molecule has 1 aliphatic rings. The van der Waals surface area contributed by atoms with E-state index in [4.69, 9.17) is 9.47 Å². The molecule has 0 aliphatic carbocycles. The third-order valence-electron chi connectivity index (χ3n) is 4.70. The predicted octanol–water partition coefficient (Wildman–Crippen LogP) is 3.80. The maximum absolute atomic E-state index is 11.7. The molecule has 0 unspecified atom stereocenters. The van der Waals surface area contributed by atoms with Crippen LogP contribution in [0.5, 0.6) is 11.5 Å². The molecule has 5 nitrogen and oxygen atoms in total. The van der Waals surface area contributed by atoms with Gasteiger partial charge in [-0.2, -0.15) is 0 Å². The van der Waals surface area contributed by atoms with Gasteiger partial charge in [0.1, 0.15) is 18.1 Å². The molecular weight excluding hydrogens is 342 g/mol. The third-order valence-corrected chi connectivity index (χ3v) is 4.70. The lowest BCUT2D eigenvalue weighted by atomic mass is 10.0. The van der Waals surface area contributed by atoms with Crippen molar-refractivity contribution in [2.45, 2.75) is 12.8 Å². The molecule has 142 valence electrons. The molecule has 5 heteroatoms.